The van der Waals surface area contributed by atoms with E-state index in [1.165, 1.54) is 23.7 Å². The highest BCUT2D eigenvalue weighted by Gasteiger charge is 2.21. The normalized spacial score (nSPS) is 17.9. The van der Waals surface area contributed by atoms with Gasteiger partial charge in [0.15, 0.2) is 5.96 Å². The van der Waals surface area contributed by atoms with Crippen molar-refractivity contribution in [2.24, 2.45) is 4.99 Å². The lowest BCUT2D eigenvalue weighted by molar-refractivity contribution is 0.203. The second kappa shape index (κ2) is 11.7. The Hall–Kier alpha value is -0.860. The molecule has 1 aliphatic heterocycles. The van der Waals surface area contributed by atoms with Crippen LogP contribution in [0.25, 0.3) is 0 Å². The maximum absolute atomic E-state index is 12.2. The molecule has 25 heavy (non-hydrogen) atoms. The maximum atomic E-state index is 12.2. The van der Waals surface area contributed by atoms with Crippen LogP contribution in [0.5, 0.6) is 0 Å². The van der Waals surface area contributed by atoms with Gasteiger partial charge in [-0.15, -0.1) is 0 Å². The fourth-order valence-corrected chi connectivity index (χ4v) is 4.52. The molecule has 1 saturated heterocycles. The largest absolute Gasteiger partial charge is 0.355 e. The highest BCUT2D eigenvalue weighted by Crippen LogP contribution is 2.11. The summed E-state index contributed by atoms with van der Waals surface area (Å²) in [6.07, 6.45) is 4.71. The second-order valence-corrected chi connectivity index (χ2v) is 8.60. The van der Waals surface area contributed by atoms with Crippen LogP contribution in [0.4, 0.5) is 0 Å². The van der Waals surface area contributed by atoms with Crippen molar-refractivity contribution in [1.82, 2.24) is 19.8 Å². The molecule has 0 spiro atoms. The molecular formula is C17H37N5O2S. The van der Waals surface area contributed by atoms with Gasteiger partial charge in [0.25, 0.3) is 0 Å². The number of nitrogens with zero attached hydrogens (tertiary/aromatic N) is 3. The Labute approximate surface area is 154 Å². The van der Waals surface area contributed by atoms with Crippen LogP contribution in [-0.4, -0.2) is 81.7 Å². The van der Waals surface area contributed by atoms with Crippen molar-refractivity contribution >= 4 is 16.0 Å². The van der Waals surface area contributed by atoms with Gasteiger partial charge in [0, 0.05) is 45.8 Å². The highest BCUT2D eigenvalue weighted by atomic mass is 32.2. The van der Waals surface area contributed by atoms with Gasteiger partial charge in [0.1, 0.15) is 0 Å². The van der Waals surface area contributed by atoms with Gasteiger partial charge in [-0.2, -0.15) is 0 Å². The number of nitrogens with one attached hydrogen (secondary N) is 2. The molecule has 0 saturated carbocycles. The van der Waals surface area contributed by atoms with Crippen LogP contribution in [0.1, 0.15) is 46.5 Å². The first kappa shape index (κ1) is 22.2. The Morgan fingerprint density at radius 2 is 1.84 bits per heavy atom. The first-order valence-electron chi connectivity index (χ1n) is 9.64. The second-order valence-electron chi connectivity index (χ2n) is 6.51. The van der Waals surface area contributed by atoms with Crippen LogP contribution in [-0.2, 0) is 10.0 Å². The molecule has 0 aromatic rings. The summed E-state index contributed by atoms with van der Waals surface area (Å²) in [5.41, 5.74) is 0. The van der Waals surface area contributed by atoms with Crippen molar-refractivity contribution in [3.63, 3.8) is 0 Å². The monoisotopic (exact) mass is 375 g/mol. The van der Waals surface area contributed by atoms with E-state index in [-0.39, 0.29) is 5.75 Å². The summed E-state index contributed by atoms with van der Waals surface area (Å²) in [7, 11) is -1.47. The van der Waals surface area contributed by atoms with Crippen molar-refractivity contribution in [2.45, 2.75) is 52.5 Å². The molecule has 0 atom stereocenters. The van der Waals surface area contributed by atoms with Crippen LogP contribution in [0.15, 0.2) is 4.99 Å². The summed E-state index contributed by atoms with van der Waals surface area (Å²) in [4.78, 5) is 6.75. The van der Waals surface area contributed by atoms with Gasteiger partial charge in [-0.25, -0.2) is 12.7 Å². The third-order valence-corrected chi connectivity index (χ3v) is 6.75. The SMILES string of the molecule is CCCCN1CCC(NC(=NC)NCCS(=O)(=O)N(CC)CC)CC1. The maximum Gasteiger partial charge on any atom is 0.215 e. The van der Waals surface area contributed by atoms with E-state index in [0.717, 1.165) is 25.9 Å². The van der Waals surface area contributed by atoms with Crippen molar-refractivity contribution in [2.75, 3.05) is 52.1 Å². The van der Waals surface area contributed by atoms with Gasteiger partial charge >= 0.3 is 0 Å². The average Bonchev–Trinajstić information content (AvgIpc) is 2.60. The summed E-state index contributed by atoms with van der Waals surface area (Å²) in [5.74, 6) is 0.784. The first-order chi connectivity index (χ1) is 12.0. The Kier molecular flexibility index (Phi) is 10.4. The topological polar surface area (TPSA) is 77.0 Å². The standard InChI is InChI=1S/C17H37N5O2S/c1-5-8-12-21-13-9-16(10-14-21)20-17(18-4)19-11-15-25(23,24)22(6-2)7-3/h16H,5-15H2,1-4H3,(H2,18,19,20). The number of guanidine groups is 1. The molecule has 1 rings (SSSR count). The van der Waals surface area contributed by atoms with Gasteiger partial charge in [0.2, 0.25) is 10.0 Å². The molecule has 7 nitrogen and oxygen atoms in total. The van der Waals surface area contributed by atoms with Crippen LogP contribution in [0, 0.1) is 0 Å². The van der Waals surface area contributed by atoms with Crippen LogP contribution < -0.4 is 10.6 Å². The van der Waals surface area contributed by atoms with Crippen molar-refractivity contribution in [1.29, 1.82) is 0 Å². The van der Waals surface area contributed by atoms with E-state index in [2.05, 4.69) is 27.4 Å². The number of sulfonamides is 1. The fourth-order valence-electron chi connectivity index (χ4n) is 3.12. The number of rotatable bonds is 10. The third kappa shape index (κ3) is 7.92. The summed E-state index contributed by atoms with van der Waals surface area (Å²) in [6.45, 7) is 10.8. The summed E-state index contributed by atoms with van der Waals surface area (Å²) >= 11 is 0. The van der Waals surface area contributed by atoms with Crippen molar-refractivity contribution in [3.8, 4) is 0 Å². The molecule has 8 heteroatoms. The van der Waals surface area contributed by atoms with Crippen molar-refractivity contribution in [3.05, 3.63) is 0 Å². The Bertz CT molecular complexity index is 483. The van der Waals surface area contributed by atoms with E-state index in [1.54, 1.807) is 7.05 Å². The van der Waals surface area contributed by atoms with E-state index in [0.29, 0.717) is 31.6 Å². The van der Waals surface area contributed by atoms with Gasteiger partial charge in [-0.05, 0) is 25.8 Å². The van der Waals surface area contributed by atoms with Crippen LogP contribution in [0.3, 0.4) is 0 Å². The minimum atomic E-state index is -3.19. The molecule has 0 aromatic carbocycles. The molecule has 0 aliphatic carbocycles. The summed E-state index contributed by atoms with van der Waals surface area (Å²) in [5, 5.41) is 6.57. The molecule has 0 radical (unpaired) electrons. The lowest BCUT2D eigenvalue weighted by Crippen LogP contribution is -2.49. The molecule has 0 amide bonds. The Morgan fingerprint density at radius 3 is 2.36 bits per heavy atom. The van der Waals surface area contributed by atoms with Gasteiger partial charge < -0.3 is 15.5 Å². The lowest BCUT2D eigenvalue weighted by atomic mass is 10.0. The molecule has 0 unspecified atom stereocenters. The van der Waals surface area contributed by atoms with Gasteiger partial charge in [-0.3, -0.25) is 4.99 Å². The quantitative estimate of drug-likeness (QED) is 0.441. The smallest absolute Gasteiger partial charge is 0.215 e. The van der Waals surface area contributed by atoms with Gasteiger partial charge in [-0.1, -0.05) is 27.2 Å². The number of unbranched alkanes of at least 4 members (excludes halogenated alkanes) is 1. The predicted octanol–water partition coefficient (Wildman–Crippen LogP) is 1.09. The zero-order valence-corrected chi connectivity index (χ0v) is 17.2. The van der Waals surface area contributed by atoms with E-state index < -0.39 is 10.0 Å². The van der Waals surface area contributed by atoms with E-state index >= 15 is 0 Å². The Balaban J connectivity index is 2.34. The number of piperidine rings is 1. The minimum Gasteiger partial charge on any atom is -0.355 e. The van der Waals surface area contributed by atoms with E-state index in [1.807, 2.05) is 13.8 Å². The predicted molar refractivity (Wildman–Crippen MR) is 106 cm³/mol. The van der Waals surface area contributed by atoms with Crippen LogP contribution >= 0.6 is 0 Å². The van der Waals surface area contributed by atoms with Crippen LogP contribution in [0.2, 0.25) is 0 Å². The molecule has 148 valence electrons. The van der Waals surface area contributed by atoms with E-state index in [4.69, 9.17) is 0 Å². The molecule has 0 aromatic heterocycles. The Morgan fingerprint density at radius 1 is 1.20 bits per heavy atom. The molecular weight excluding hydrogens is 338 g/mol. The highest BCUT2D eigenvalue weighted by molar-refractivity contribution is 7.89. The van der Waals surface area contributed by atoms with E-state index in [9.17, 15) is 8.42 Å². The zero-order valence-electron chi connectivity index (χ0n) is 16.4. The lowest BCUT2D eigenvalue weighted by Gasteiger charge is -2.33. The molecule has 1 heterocycles. The van der Waals surface area contributed by atoms with Gasteiger partial charge in [0.05, 0.1) is 5.75 Å². The fraction of sp³-hybridized carbons (Fsp3) is 0.941. The van der Waals surface area contributed by atoms with Crippen molar-refractivity contribution < 1.29 is 8.42 Å². The molecule has 0 bridgehead atoms. The third-order valence-electron chi connectivity index (χ3n) is 4.73. The average molecular weight is 376 g/mol. The molecule has 1 aliphatic rings. The molecule has 1 fully saturated rings. The zero-order chi connectivity index (χ0) is 18.7. The number of aliphatic imine (C=N–C) groups is 1. The summed E-state index contributed by atoms with van der Waals surface area (Å²) in [6, 6.07) is 0.406. The number of hydrogen-bond donors (Lipinski definition) is 2. The number of hydrogen-bond acceptors (Lipinski definition) is 4. The minimum absolute atomic E-state index is 0.0881. The molecule has 2 N–H and O–H groups in total. The first-order valence-corrected chi connectivity index (χ1v) is 11.2. The summed E-state index contributed by atoms with van der Waals surface area (Å²) < 4.78 is 25.9. The number of likely N-dealkylation sites (tertiary alicyclic amines) is 1.